The number of hydrogen-bond acceptors (Lipinski definition) is 3. The fraction of sp³-hybridized carbons (Fsp3) is 0.125. The van der Waals surface area contributed by atoms with E-state index in [4.69, 9.17) is 9.84 Å². The van der Waals surface area contributed by atoms with Gasteiger partial charge in [0.15, 0.2) is 0 Å². The Kier molecular flexibility index (Phi) is 4.03. The van der Waals surface area contributed by atoms with Crippen molar-refractivity contribution in [2.45, 2.75) is 6.92 Å². The lowest BCUT2D eigenvalue weighted by molar-refractivity contribution is 0.0692. The molecule has 0 saturated heterocycles. The first-order chi connectivity index (χ1) is 9.95. The average molecular weight is 288 g/mol. The third-order valence-electron chi connectivity index (χ3n) is 3.07. The van der Waals surface area contributed by atoms with Gasteiger partial charge in [0.2, 0.25) is 5.78 Å². The molecule has 108 valence electrons. The lowest BCUT2D eigenvalue weighted by Crippen LogP contribution is -2.13. The van der Waals surface area contributed by atoms with Crippen molar-refractivity contribution in [3.05, 3.63) is 64.5 Å². The largest absolute Gasteiger partial charge is 0.496 e. The molecule has 5 heteroatoms. The Labute approximate surface area is 120 Å². The summed E-state index contributed by atoms with van der Waals surface area (Å²) in [4.78, 5) is 23.7. The Balaban J connectivity index is 2.63. The van der Waals surface area contributed by atoms with E-state index < -0.39 is 23.1 Å². The van der Waals surface area contributed by atoms with Gasteiger partial charge in [-0.1, -0.05) is 12.1 Å². The fourth-order valence-electron chi connectivity index (χ4n) is 2.05. The second-order valence-electron chi connectivity index (χ2n) is 4.50. The van der Waals surface area contributed by atoms with Gasteiger partial charge in [-0.25, -0.2) is 9.18 Å². The summed E-state index contributed by atoms with van der Waals surface area (Å²) in [6, 6.07) is 8.31. The van der Waals surface area contributed by atoms with Crippen LogP contribution in [0.1, 0.15) is 31.8 Å². The second kappa shape index (κ2) is 5.75. The maximum absolute atomic E-state index is 13.9. The van der Waals surface area contributed by atoms with Crippen molar-refractivity contribution in [1.82, 2.24) is 0 Å². The second-order valence-corrected chi connectivity index (χ2v) is 4.50. The minimum absolute atomic E-state index is 0.121. The number of aromatic carboxylic acids is 1. The molecule has 0 spiro atoms. The molecule has 0 fully saturated rings. The molecule has 0 unspecified atom stereocenters. The van der Waals surface area contributed by atoms with Gasteiger partial charge in [0.25, 0.3) is 0 Å². The molecule has 0 aliphatic carbocycles. The van der Waals surface area contributed by atoms with Crippen LogP contribution in [-0.4, -0.2) is 24.0 Å². The van der Waals surface area contributed by atoms with Gasteiger partial charge in [-0.05, 0) is 36.8 Å². The SMILES string of the molecule is COc1cc(C)ccc1C(=O)c1c(F)cccc1C(=O)O. The van der Waals surface area contributed by atoms with Crippen LogP contribution in [0.2, 0.25) is 0 Å². The first kappa shape index (κ1) is 14.7. The molecule has 0 amide bonds. The summed E-state index contributed by atoms with van der Waals surface area (Å²) >= 11 is 0. The summed E-state index contributed by atoms with van der Waals surface area (Å²) in [5.41, 5.74) is 0.154. The lowest BCUT2D eigenvalue weighted by Gasteiger charge is -2.11. The van der Waals surface area contributed by atoms with E-state index in [2.05, 4.69) is 0 Å². The van der Waals surface area contributed by atoms with E-state index in [1.54, 1.807) is 12.1 Å². The van der Waals surface area contributed by atoms with Gasteiger partial charge < -0.3 is 9.84 Å². The summed E-state index contributed by atoms with van der Waals surface area (Å²) in [7, 11) is 1.39. The van der Waals surface area contributed by atoms with Crippen molar-refractivity contribution in [3.8, 4) is 5.75 Å². The summed E-state index contributed by atoms with van der Waals surface area (Å²) in [6.45, 7) is 1.82. The maximum atomic E-state index is 13.9. The molecule has 0 aliphatic rings. The van der Waals surface area contributed by atoms with Gasteiger partial charge in [0, 0.05) is 0 Å². The Hall–Kier alpha value is -2.69. The monoisotopic (exact) mass is 288 g/mol. The van der Waals surface area contributed by atoms with Crippen LogP contribution in [0.15, 0.2) is 36.4 Å². The van der Waals surface area contributed by atoms with Crippen molar-refractivity contribution in [1.29, 1.82) is 0 Å². The van der Waals surface area contributed by atoms with Crippen LogP contribution in [0.4, 0.5) is 4.39 Å². The molecule has 0 bridgehead atoms. The standard InChI is InChI=1S/C16H13FO4/c1-9-6-7-10(13(8-9)21-2)15(18)14-11(16(19)20)4-3-5-12(14)17/h3-8H,1-2H3,(H,19,20). The van der Waals surface area contributed by atoms with E-state index in [-0.39, 0.29) is 16.9 Å². The molecule has 1 N–H and O–H groups in total. The number of ketones is 1. The number of carbonyl (C=O) groups excluding carboxylic acids is 1. The van der Waals surface area contributed by atoms with E-state index in [1.165, 1.54) is 25.3 Å². The molecular weight excluding hydrogens is 275 g/mol. The molecule has 0 aromatic heterocycles. The zero-order valence-corrected chi connectivity index (χ0v) is 11.5. The Morgan fingerprint density at radius 3 is 2.48 bits per heavy atom. The normalized spacial score (nSPS) is 10.2. The molecule has 0 atom stereocenters. The highest BCUT2D eigenvalue weighted by molar-refractivity contribution is 6.15. The molecule has 0 saturated carbocycles. The summed E-state index contributed by atoms with van der Waals surface area (Å²) in [6.07, 6.45) is 0. The van der Waals surface area contributed by atoms with E-state index in [9.17, 15) is 14.0 Å². The number of methoxy groups -OCH3 is 1. The maximum Gasteiger partial charge on any atom is 0.336 e. The Bertz CT molecular complexity index is 722. The third kappa shape index (κ3) is 2.76. The van der Waals surface area contributed by atoms with Gasteiger partial charge in [-0.15, -0.1) is 0 Å². The molecule has 0 aliphatic heterocycles. The van der Waals surface area contributed by atoms with Gasteiger partial charge in [-0.3, -0.25) is 4.79 Å². The predicted molar refractivity (Wildman–Crippen MR) is 74.5 cm³/mol. The fourth-order valence-corrected chi connectivity index (χ4v) is 2.05. The van der Waals surface area contributed by atoms with Crippen LogP contribution >= 0.6 is 0 Å². The summed E-state index contributed by atoms with van der Waals surface area (Å²) in [5, 5.41) is 9.11. The molecule has 2 rings (SSSR count). The smallest absolute Gasteiger partial charge is 0.336 e. The molecule has 2 aromatic carbocycles. The number of hydrogen-bond donors (Lipinski definition) is 1. The van der Waals surface area contributed by atoms with Crippen molar-refractivity contribution >= 4 is 11.8 Å². The zero-order valence-electron chi connectivity index (χ0n) is 11.5. The highest BCUT2D eigenvalue weighted by Gasteiger charge is 2.24. The molecular formula is C16H13FO4. The number of rotatable bonds is 4. The quantitative estimate of drug-likeness (QED) is 0.878. The average Bonchev–Trinajstić information content (AvgIpc) is 2.46. The Morgan fingerprint density at radius 1 is 1.14 bits per heavy atom. The van der Waals surface area contributed by atoms with Crippen molar-refractivity contribution in [3.63, 3.8) is 0 Å². The van der Waals surface area contributed by atoms with Crippen LogP contribution in [0.3, 0.4) is 0 Å². The predicted octanol–water partition coefficient (Wildman–Crippen LogP) is 3.07. The number of halogens is 1. The highest BCUT2D eigenvalue weighted by Crippen LogP contribution is 2.26. The first-order valence-corrected chi connectivity index (χ1v) is 6.17. The van der Waals surface area contributed by atoms with E-state index in [0.29, 0.717) is 0 Å². The molecule has 4 nitrogen and oxygen atoms in total. The number of ether oxygens (including phenoxy) is 1. The van der Waals surface area contributed by atoms with E-state index in [1.807, 2.05) is 6.92 Å². The van der Waals surface area contributed by atoms with Gasteiger partial charge in [0.05, 0.1) is 23.8 Å². The van der Waals surface area contributed by atoms with Crippen molar-refractivity contribution in [2.24, 2.45) is 0 Å². The highest BCUT2D eigenvalue weighted by atomic mass is 19.1. The van der Waals surface area contributed by atoms with Crippen molar-refractivity contribution in [2.75, 3.05) is 7.11 Å². The van der Waals surface area contributed by atoms with Gasteiger partial charge in [-0.2, -0.15) is 0 Å². The molecule has 0 heterocycles. The van der Waals surface area contributed by atoms with E-state index >= 15 is 0 Å². The Morgan fingerprint density at radius 2 is 1.86 bits per heavy atom. The van der Waals surface area contributed by atoms with Gasteiger partial charge in [0.1, 0.15) is 11.6 Å². The number of carbonyl (C=O) groups is 2. The first-order valence-electron chi connectivity index (χ1n) is 6.17. The van der Waals surface area contributed by atoms with Crippen LogP contribution in [0.5, 0.6) is 5.75 Å². The minimum atomic E-state index is -1.36. The topological polar surface area (TPSA) is 63.6 Å². The van der Waals surface area contributed by atoms with Crippen LogP contribution in [-0.2, 0) is 0 Å². The third-order valence-corrected chi connectivity index (χ3v) is 3.07. The minimum Gasteiger partial charge on any atom is -0.496 e. The molecule has 2 aromatic rings. The summed E-state index contributed by atoms with van der Waals surface area (Å²) < 4.78 is 19.1. The van der Waals surface area contributed by atoms with Crippen LogP contribution in [0.25, 0.3) is 0 Å². The van der Waals surface area contributed by atoms with E-state index in [0.717, 1.165) is 11.6 Å². The number of carboxylic acids is 1. The van der Waals surface area contributed by atoms with Crippen LogP contribution < -0.4 is 4.74 Å². The molecule has 0 radical (unpaired) electrons. The lowest BCUT2D eigenvalue weighted by atomic mass is 9.96. The van der Waals surface area contributed by atoms with Crippen LogP contribution in [0, 0.1) is 12.7 Å². The summed E-state index contributed by atoms with van der Waals surface area (Å²) in [5.74, 6) is -2.67. The van der Waals surface area contributed by atoms with Crippen molar-refractivity contribution < 1.29 is 23.8 Å². The van der Waals surface area contributed by atoms with Gasteiger partial charge >= 0.3 is 5.97 Å². The number of aryl methyl sites for hydroxylation is 1. The molecule has 21 heavy (non-hydrogen) atoms. The number of benzene rings is 2. The zero-order chi connectivity index (χ0) is 15.6. The number of carboxylic acid groups (broad SMARTS) is 1.